The number of aromatic nitrogens is 2. The van der Waals surface area contributed by atoms with Gasteiger partial charge in [0.1, 0.15) is 5.65 Å². The second kappa shape index (κ2) is 4.20. The molecule has 2 nitrogen and oxygen atoms in total. The molecule has 4 aromatic rings. The van der Waals surface area contributed by atoms with Gasteiger partial charge in [-0.2, -0.15) is 0 Å². The van der Waals surface area contributed by atoms with Crippen molar-refractivity contribution < 1.29 is 0 Å². The Balaban J connectivity index is 2.27. The van der Waals surface area contributed by atoms with E-state index >= 15 is 0 Å². The minimum absolute atomic E-state index is 1.02. The standard InChI is InChI=1S/C18H14N2/c1-13-7-5-10-15-16-11-6-12-19-18(16)20(17(13)15)14-8-3-2-4-9-14/h2-12H,1H3. The van der Waals surface area contributed by atoms with Crippen LogP contribution in [0.5, 0.6) is 0 Å². The van der Waals surface area contributed by atoms with Gasteiger partial charge in [-0.05, 0) is 36.8 Å². The highest BCUT2D eigenvalue weighted by Gasteiger charge is 2.13. The number of para-hydroxylation sites is 2. The third kappa shape index (κ3) is 1.48. The van der Waals surface area contributed by atoms with E-state index in [4.69, 9.17) is 0 Å². The van der Waals surface area contributed by atoms with Crippen molar-refractivity contribution in [3.05, 3.63) is 72.4 Å². The SMILES string of the molecule is Cc1cccc2c3cccnc3n(-c3ccccc3)c12. The normalized spacial score (nSPS) is 11.2. The fourth-order valence-electron chi connectivity index (χ4n) is 2.89. The highest BCUT2D eigenvalue weighted by atomic mass is 15.0. The summed E-state index contributed by atoms with van der Waals surface area (Å²) in [6, 6.07) is 21.0. The van der Waals surface area contributed by atoms with Gasteiger partial charge in [0.05, 0.1) is 5.52 Å². The quantitative estimate of drug-likeness (QED) is 0.492. The lowest BCUT2D eigenvalue weighted by Crippen LogP contribution is -1.95. The van der Waals surface area contributed by atoms with Gasteiger partial charge in [0.15, 0.2) is 0 Å². The highest BCUT2D eigenvalue weighted by molar-refractivity contribution is 6.08. The fourth-order valence-corrected chi connectivity index (χ4v) is 2.89. The van der Waals surface area contributed by atoms with Crippen LogP contribution in [0.25, 0.3) is 27.6 Å². The van der Waals surface area contributed by atoms with Crippen LogP contribution in [0.3, 0.4) is 0 Å². The molecular formula is C18H14N2. The van der Waals surface area contributed by atoms with Crippen molar-refractivity contribution in [2.45, 2.75) is 6.92 Å². The zero-order valence-corrected chi connectivity index (χ0v) is 11.2. The van der Waals surface area contributed by atoms with Crippen molar-refractivity contribution in [1.29, 1.82) is 0 Å². The second-order valence-electron chi connectivity index (χ2n) is 5.02. The molecule has 0 aliphatic rings. The molecule has 20 heavy (non-hydrogen) atoms. The number of pyridine rings is 1. The number of rotatable bonds is 1. The minimum Gasteiger partial charge on any atom is -0.294 e. The molecule has 0 N–H and O–H groups in total. The van der Waals surface area contributed by atoms with Crippen molar-refractivity contribution in [2.24, 2.45) is 0 Å². The maximum atomic E-state index is 4.60. The molecule has 0 amide bonds. The summed E-state index contributed by atoms with van der Waals surface area (Å²) in [5, 5.41) is 2.46. The molecule has 0 aliphatic carbocycles. The van der Waals surface area contributed by atoms with E-state index in [1.807, 2.05) is 18.3 Å². The minimum atomic E-state index is 1.02. The topological polar surface area (TPSA) is 17.8 Å². The molecule has 0 unspecified atom stereocenters. The molecule has 0 saturated heterocycles. The van der Waals surface area contributed by atoms with E-state index in [0.29, 0.717) is 0 Å². The lowest BCUT2D eigenvalue weighted by molar-refractivity contribution is 1.13. The average Bonchev–Trinajstić information content (AvgIpc) is 2.84. The Morgan fingerprint density at radius 3 is 2.45 bits per heavy atom. The molecule has 0 radical (unpaired) electrons. The lowest BCUT2D eigenvalue weighted by Gasteiger charge is -2.08. The van der Waals surface area contributed by atoms with Crippen LogP contribution in [0.1, 0.15) is 5.56 Å². The van der Waals surface area contributed by atoms with Gasteiger partial charge in [0, 0.05) is 22.7 Å². The van der Waals surface area contributed by atoms with E-state index in [2.05, 4.69) is 65.0 Å². The van der Waals surface area contributed by atoms with Crippen molar-refractivity contribution in [3.63, 3.8) is 0 Å². The van der Waals surface area contributed by atoms with Gasteiger partial charge in [-0.25, -0.2) is 4.98 Å². The van der Waals surface area contributed by atoms with E-state index in [9.17, 15) is 0 Å². The first-order valence-electron chi connectivity index (χ1n) is 6.76. The van der Waals surface area contributed by atoms with Crippen LogP contribution in [-0.2, 0) is 0 Å². The molecule has 2 aromatic heterocycles. The molecule has 0 atom stereocenters. The first kappa shape index (κ1) is 11.2. The summed E-state index contributed by atoms with van der Waals surface area (Å²) in [6.07, 6.45) is 1.86. The number of hydrogen-bond acceptors (Lipinski definition) is 1. The summed E-state index contributed by atoms with van der Waals surface area (Å²) in [5.74, 6) is 0. The van der Waals surface area contributed by atoms with Gasteiger partial charge in [-0.15, -0.1) is 0 Å². The van der Waals surface area contributed by atoms with Crippen LogP contribution in [0.2, 0.25) is 0 Å². The Labute approximate surface area is 117 Å². The van der Waals surface area contributed by atoms with Crippen molar-refractivity contribution >= 4 is 21.9 Å². The Hall–Kier alpha value is -2.61. The summed E-state index contributed by atoms with van der Waals surface area (Å²) in [5.41, 5.74) is 4.68. The zero-order chi connectivity index (χ0) is 13.5. The molecule has 2 aromatic carbocycles. The van der Waals surface area contributed by atoms with Gasteiger partial charge in [-0.3, -0.25) is 4.57 Å². The van der Waals surface area contributed by atoms with Crippen molar-refractivity contribution in [3.8, 4) is 5.69 Å². The third-order valence-electron chi connectivity index (χ3n) is 3.76. The van der Waals surface area contributed by atoms with Crippen LogP contribution in [-0.4, -0.2) is 9.55 Å². The largest absolute Gasteiger partial charge is 0.294 e. The molecule has 0 fully saturated rings. The molecule has 96 valence electrons. The molecule has 2 heterocycles. The number of nitrogens with zero attached hydrogens (tertiary/aromatic N) is 2. The van der Waals surface area contributed by atoms with E-state index in [-0.39, 0.29) is 0 Å². The predicted octanol–water partition coefficient (Wildman–Crippen LogP) is 4.49. The maximum Gasteiger partial charge on any atom is 0.145 e. The molecule has 0 aliphatic heterocycles. The number of hydrogen-bond donors (Lipinski definition) is 0. The zero-order valence-electron chi connectivity index (χ0n) is 11.2. The molecular weight excluding hydrogens is 244 g/mol. The smallest absolute Gasteiger partial charge is 0.145 e. The molecule has 0 saturated carbocycles. The van der Waals surface area contributed by atoms with Crippen LogP contribution >= 0.6 is 0 Å². The fraction of sp³-hybridized carbons (Fsp3) is 0.0556. The van der Waals surface area contributed by atoms with Crippen LogP contribution in [0.15, 0.2) is 66.9 Å². The van der Waals surface area contributed by atoms with Crippen molar-refractivity contribution in [2.75, 3.05) is 0 Å². The summed E-state index contributed by atoms with van der Waals surface area (Å²) < 4.78 is 2.25. The van der Waals surface area contributed by atoms with Crippen LogP contribution in [0.4, 0.5) is 0 Å². The second-order valence-corrected chi connectivity index (χ2v) is 5.02. The van der Waals surface area contributed by atoms with Crippen LogP contribution in [0, 0.1) is 6.92 Å². The highest BCUT2D eigenvalue weighted by Crippen LogP contribution is 2.32. The Morgan fingerprint density at radius 2 is 1.60 bits per heavy atom. The van der Waals surface area contributed by atoms with E-state index < -0.39 is 0 Å². The monoisotopic (exact) mass is 258 g/mol. The maximum absolute atomic E-state index is 4.60. The first-order valence-corrected chi connectivity index (χ1v) is 6.76. The Kier molecular flexibility index (Phi) is 2.36. The van der Waals surface area contributed by atoms with Crippen LogP contribution < -0.4 is 0 Å². The van der Waals surface area contributed by atoms with E-state index in [1.54, 1.807) is 0 Å². The lowest BCUT2D eigenvalue weighted by atomic mass is 10.1. The van der Waals surface area contributed by atoms with E-state index in [1.165, 1.54) is 21.9 Å². The number of fused-ring (bicyclic) bond motifs is 3. The Morgan fingerprint density at radius 1 is 0.800 bits per heavy atom. The van der Waals surface area contributed by atoms with Gasteiger partial charge >= 0.3 is 0 Å². The number of aryl methyl sites for hydroxylation is 1. The third-order valence-corrected chi connectivity index (χ3v) is 3.76. The summed E-state index contributed by atoms with van der Waals surface area (Å²) in [7, 11) is 0. The molecule has 2 heteroatoms. The number of benzene rings is 2. The molecule has 4 rings (SSSR count). The average molecular weight is 258 g/mol. The van der Waals surface area contributed by atoms with Gasteiger partial charge in [0.25, 0.3) is 0 Å². The predicted molar refractivity (Wildman–Crippen MR) is 83.3 cm³/mol. The van der Waals surface area contributed by atoms with Gasteiger partial charge in [0.2, 0.25) is 0 Å². The molecule has 0 bridgehead atoms. The molecule has 0 spiro atoms. The summed E-state index contributed by atoms with van der Waals surface area (Å²) in [6.45, 7) is 2.15. The van der Waals surface area contributed by atoms with E-state index in [0.717, 1.165) is 11.3 Å². The van der Waals surface area contributed by atoms with Gasteiger partial charge < -0.3 is 0 Å². The Bertz CT molecular complexity index is 905. The first-order chi connectivity index (χ1) is 9.86. The van der Waals surface area contributed by atoms with Crippen molar-refractivity contribution in [1.82, 2.24) is 9.55 Å². The summed E-state index contributed by atoms with van der Waals surface area (Å²) in [4.78, 5) is 4.60. The summed E-state index contributed by atoms with van der Waals surface area (Å²) >= 11 is 0. The van der Waals surface area contributed by atoms with Gasteiger partial charge in [-0.1, -0.05) is 36.4 Å².